The third-order valence-corrected chi connectivity index (χ3v) is 4.69. The highest BCUT2D eigenvalue weighted by Crippen LogP contribution is 2.25. The van der Waals surface area contributed by atoms with Crippen LogP contribution in [0.25, 0.3) is 10.9 Å². The Morgan fingerprint density at radius 1 is 1.45 bits per heavy atom. The number of hydrogen-bond donors (Lipinski definition) is 1. The lowest BCUT2D eigenvalue weighted by Gasteiger charge is -2.18. The van der Waals surface area contributed by atoms with E-state index in [1.165, 1.54) is 0 Å². The second-order valence-corrected chi connectivity index (χ2v) is 6.85. The number of rotatable bonds is 3. The summed E-state index contributed by atoms with van der Waals surface area (Å²) < 4.78 is 0.978. The van der Waals surface area contributed by atoms with Crippen LogP contribution in [0, 0.1) is 12.8 Å². The molecule has 0 radical (unpaired) electrons. The van der Waals surface area contributed by atoms with E-state index in [1.54, 1.807) is 0 Å². The molecule has 0 spiro atoms. The number of pyridine rings is 1. The second kappa shape index (κ2) is 6.34. The summed E-state index contributed by atoms with van der Waals surface area (Å²) in [5.41, 5.74) is 2.50. The topological polar surface area (TPSA) is 45.2 Å². The van der Waals surface area contributed by atoms with Gasteiger partial charge in [-0.05, 0) is 51.1 Å². The molecule has 1 aliphatic rings. The lowest BCUT2D eigenvalue weighted by atomic mass is 10.1. The Morgan fingerprint density at radius 2 is 2.27 bits per heavy atom. The van der Waals surface area contributed by atoms with Crippen LogP contribution < -0.4 is 5.32 Å². The van der Waals surface area contributed by atoms with E-state index in [1.807, 2.05) is 43.1 Å². The highest BCUT2D eigenvalue weighted by Gasteiger charge is 2.27. The first-order valence-corrected chi connectivity index (χ1v) is 8.38. The van der Waals surface area contributed by atoms with Gasteiger partial charge >= 0.3 is 0 Å². The number of amides is 1. The minimum absolute atomic E-state index is 0.122. The number of aryl methyl sites for hydroxylation is 1. The zero-order valence-corrected chi connectivity index (χ0v) is 14.5. The molecular formula is C17H20BrN3O. The molecule has 2 aromatic rings. The fourth-order valence-corrected chi connectivity index (χ4v) is 3.50. The third kappa shape index (κ3) is 3.01. The molecule has 5 heteroatoms. The van der Waals surface area contributed by atoms with E-state index in [-0.39, 0.29) is 5.91 Å². The highest BCUT2D eigenvalue weighted by atomic mass is 79.9. The number of nitrogens with zero attached hydrogens (tertiary/aromatic N) is 2. The van der Waals surface area contributed by atoms with E-state index in [9.17, 15) is 4.79 Å². The molecule has 0 unspecified atom stereocenters. The summed E-state index contributed by atoms with van der Waals surface area (Å²) in [5.74, 6) is 0.675. The van der Waals surface area contributed by atoms with Gasteiger partial charge in [0, 0.05) is 28.6 Å². The Hall–Kier alpha value is -1.46. The van der Waals surface area contributed by atoms with E-state index in [0.717, 1.165) is 52.7 Å². The van der Waals surface area contributed by atoms with Crippen LogP contribution in [0.3, 0.4) is 0 Å². The molecule has 1 amide bonds. The van der Waals surface area contributed by atoms with E-state index in [2.05, 4.69) is 26.2 Å². The number of carbonyl (C=O) groups excluding carboxylic acids is 1. The molecule has 1 fully saturated rings. The van der Waals surface area contributed by atoms with Crippen LogP contribution >= 0.6 is 15.9 Å². The maximum absolute atomic E-state index is 12.9. The van der Waals surface area contributed by atoms with Crippen molar-refractivity contribution in [2.24, 2.45) is 5.92 Å². The highest BCUT2D eigenvalue weighted by molar-refractivity contribution is 9.10. The quantitative estimate of drug-likeness (QED) is 0.913. The van der Waals surface area contributed by atoms with E-state index >= 15 is 0 Å². The predicted molar refractivity (Wildman–Crippen MR) is 92.1 cm³/mol. The lowest BCUT2D eigenvalue weighted by Crippen LogP contribution is -2.30. The zero-order valence-electron chi connectivity index (χ0n) is 12.9. The maximum Gasteiger partial charge on any atom is 0.254 e. The number of likely N-dealkylation sites (tertiary alicyclic amines) is 1. The molecule has 3 rings (SSSR count). The molecule has 1 N–H and O–H groups in total. The summed E-state index contributed by atoms with van der Waals surface area (Å²) in [6.45, 7) is 4.57. The van der Waals surface area contributed by atoms with Gasteiger partial charge in [0.15, 0.2) is 0 Å². The van der Waals surface area contributed by atoms with Gasteiger partial charge in [-0.3, -0.25) is 9.78 Å². The number of hydrogen-bond acceptors (Lipinski definition) is 3. The first kappa shape index (κ1) is 15.4. The van der Waals surface area contributed by atoms with Crippen LogP contribution in [0.4, 0.5) is 0 Å². The smallest absolute Gasteiger partial charge is 0.254 e. The van der Waals surface area contributed by atoms with Gasteiger partial charge in [-0.25, -0.2) is 0 Å². The molecule has 0 saturated carbocycles. The van der Waals surface area contributed by atoms with Gasteiger partial charge in [-0.2, -0.15) is 0 Å². The number of carbonyl (C=O) groups is 1. The zero-order chi connectivity index (χ0) is 15.7. The first-order chi connectivity index (χ1) is 10.6. The van der Waals surface area contributed by atoms with E-state index < -0.39 is 0 Å². The molecule has 1 atom stereocenters. The fourth-order valence-electron chi connectivity index (χ4n) is 3.15. The molecule has 4 nitrogen and oxygen atoms in total. The molecule has 1 aliphatic heterocycles. The minimum Gasteiger partial charge on any atom is -0.338 e. The Morgan fingerprint density at radius 3 is 3.05 bits per heavy atom. The van der Waals surface area contributed by atoms with Gasteiger partial charge in [-0.15, -0.1) is 0 Å². The normalized spacial score (nSPS) is 18.1. The molecule has 0 aliphatic carbocycles. The number of aromatic nitrogens is 1. The molecule has 116 valence electrons. The largest absolute Gasteiger partial charge is 0.338 e. The van der Waals surface area contributed by atoms with E-state index in [0.29, 0.717) is 5.92 Å². The molecule has 1 aromatic carbocycles. The van der Waals surface area contributed by atoms with Crippen molar-refractivity contribution in [1.82, 2.24) is 15.2 Å². The molecule has 0 bridgehead atoms. The average Bonchev–Trinajstić information content (AvgIpc) is 2.94. The van der Waals surface area contributed by atoms with Crippen LogP contribution in [-0.4, -0.2) is 42.5 Å². The predicted octanol–water partition coefficient (Wildman–Crippen LogP) is 2.99. The summed E-state index contributed by atoms with van der Waals surface area (Å²) in [5, 5.41) is 4.13. The average molecular weight is 362 g/mol. The molecule has 2 heterocycles. The molecular weight excluding hydrogens is 342 g/mol. The Labute approximate surface area is 139 Å². The SMILES string of the molecule is CNC[C@H]1CCN(C(=O)c2cc(C)nc3cc(Br)ccc23)C1. The van der Waals surface area contributed by atoms with Crippen LogP contribution in [0.1, 0.15) is 22.5 Å². The monoisotopic (exact) mass is 361 g/mol. The van der Waals surface area contributed by atoms with Gasteiger partial charge in [0.1, 0.15) is 0 Å². The van der Waals surface area contributed by atoms with Crippen molar-refractivity contribution < 1.29 is 4.79 Å². The van der Waals surface area contributed by atoms with Gasteiger partial charge < -0.3 is 10.2 Å². The van der Waals surface area contributed by atoms with Crippen molar-refractivity contribution in [1.29, 1.82) is 0 Å². The maximum atomic E-state index is 12.9. The molecule has 1 saturated heterocycles. The van der Waals surface area contributed by atoms with Gasteiger partial charge in [0.05, 0.1) is 11.1 Å². The summed E-state index contributed by atoms with van der Waals surface area (Å²) in [6.07, 6.45) is 1.07. The fraction of sp³-hybridized carbons (Fsp3) is 0.412. The minimum atomic E-state index is 0.122. The Bertz CT molecular complexity index is 711. The van der Waals surface area contributed by atoms with Crippen molar-refractivity contribution in [2.45, 2.75) is 13.3 Å². The number of fused-ring (bicyclic) bond motifs is 1. The van der Waals surface area contributed by atoms with Crippen molar-refractivity contribution in [2.75, 3.05) is 26.7 Å². The molecule has 22 heavy (non-hydrogen) atoms. The van der Waals surface area contributed by atoms with Crippen molar-refractivity contribution >= 4 is 32.7 Å². The lowest BCUT2D eigenvalue weighted by molar-refractivity contribution is 0.0789. The molecule has 1 aromatic heterocycles. The Kier molecular flexibility index (Phi) is 4.45. The summed E-state index contributed by atoms with van der Waals surface area (Å²) in [6, 6.07) is 7.81. The van der Waals surface area contributed by atoms with Gasteiger partial charge in [0.2, 0.25) is 0 Å². The van der Waals surface area contributed by atoms with Crippen molar-refractivity contribution in [3.8, 4) is 0 Å². The Balaban J connectivity index is 1.94. The van der Waals surface area contributed by atoms with Crippen LogP contribution in [0.5, 0.6) is 0 Å². The van der Waals surface area contributed by atoms with E-state index in [4.69, 9.17) is 0 Å². The summed E-state index contributed by atoms with van der Waals surface area (Å²) >= 11 is 3.47. The third-order valence-electron chi connectivity index (χ3n) is 4.20. The number of halogens is 1. The van der Waals surface area contributed by atoms with Crippen LogP contribution in [0.2, 0.25) is 0 Å². The summed E-state index contributed by atoms with van der Waals surface area (Å²) in [7, 11) is 1.96. The van der Waals surface area contributed by atoms with Crippen LogP contribution in [0.15, 0.2) is 28.7 Å². The number of benzene rings is 1. The summed E-state index contributed by atoms with van der Waals surface area (Å²) in [4.78, 5) is 19.4. The first-order valence-electron chi connectivity index (χ1n) is 7.59. The standard InChI is InChI=1S/C17H20BrN3O/c1-11-7-15(14-4-3-13(18)8-16(14)20-11)17(22)21-6-5-12(10-21)9-19-2/h3-4,7-8,12,19H,5-6,9-10H2,1-2H3/t12-/m1/s1. The van der Waals surface area contributed by atoms with Crippen LogP contribution in [-0.2, 0) is 0 Å². The van der Waals surface area contributed by atoms with Crippen molar-refractivity contribution in [3.63, 3.8) is 0 Å². The van der Waals surface area contributed by atoms with Crippen molar-refractivity contribution in [3.05, 3.63) is 40.0 Å². The van der Waals surface area contributed by atoms with Gasteiger partial charge in [0.25, 0.3) is 5.91 Å². The number of nitrogens with one attached hydrogen (secondary N) is 1. The van der Waals surface area contributed by atoms with Gasteiger partial charge in [-0.1, -0.05) is 22.0 Å². The second-order valence-electron chi connectivity index (χ2n) is 5.94.